The summed E-state index contributed by atoms with van der Waals surface area (Å²) in [6.07, 6.45) is 0.456. The number of rotatable bonds is 2. The molecule has 4 nitrogen and oxygen atoms in total. The number of H-pyrrole nitrogens is 1. The van der Waals surface area contributed by atoms with Crippen LogP contribution in [0.2, 0.25) is 0 Å². The number of hydrogen-bond donors (Lipinski definition) is 2. The van der Waals surface area contributed by atoms with Gasteiger partial charge >= 0.3 is 0 Å². The molecule has 0 unspecified atom stereocenters. The molecule has 0 aliphatic rings. The van der Waals surface area contributed by atoms with Gasteiger partial charge in [-0.05, 0) is 17.4 Å². The van der Waals surface area contributed by atoms with Crippen LogP contribution in [0.5, 0.6) is 5.88 Å². The van der Waals surface area contributed by atoms with Crippen molar-refractivity contribution in [3.05, 3.63) is 45.7 Å². The Morgan fingerprint density at radius 1 is 1.20 bits per heavy atom. The van der Waals surface area contributed by atoms with Crippen molar-refractivity contribution in [3.8, 4) is 17.3 Å². The van der Waals surface area contributed by atoms with Gasteiger partial charge in [0.15, 0.2) is 0 Å². The molecule has 4 heteroatoms. The van der Waals surface area contributed by atoms with Crippen molar-refractivity contribution in [1.29, 1.82) is 0 Å². The zero-order valence-electron chi connectivity index (χ0n) is 12.3. The monoisotopic (exact) mass is 272 g/mol. The SMILES string of the molecule is CCc1c(O)nc(-c2ccc(C(C)(C)C)cc2)[nH]c1=O. The lowest BCUT2D eigenvalue weighted by Gasteiger charge is -2.19. The summed E-state index contributed by atoms with van der Waals surface area (Å²) < 4.78 is 0. The van der Waals surface area contributed by atoms with Crippen LogP contribution in [-0.4, -0.2) is 15.1 Å². The van der Waals surface area contributed by atoms with E-state index < -0.39 is 0 Å². The van der Waals surface area contributed by atoms with E-state index >= 15 is 0 Å². The highest BCUT2D eigenvalue weighted by Crippen LogP contribution is 2.25. The maximum atomic E-state index is 11.8. The van der Waals surface area contributed by atoms with Crippen molar-refractivity contribution in [3.63, 3.8) is 0 Å². The summed E-state index contributed by atoms with van der Waals surface area (Å²) in [5, 5.41) is 9.79. The maximum Gasteiger partial charge on any atom is 0.258 e. The first-order chi connectivity index (χ1) is 9.32. The van der Waals surface area contributed by atoms with Crippen LogP contribution in [0.1, 0.15) is 38.8 Å². The largest absolute Gasteiger partial charge is 0.493 e. The van der Waals surface area contributed by atoms with Crippen LogP contribution in [-0.2, 0) is 11.8 Å². The lowest BCUT2D eigenvalue weighted by atomic mass is 9.87. The van der Waals surface area contributed by atoms with Gasteiger partial charge in [0.25, 0.3) is 5.56 Å². The number of aromatic hydroxyl groups is 1. The molecular formula is C16H20N2O2. The molecule has 0 amide bonds. The summed E-state index contributed by atoms with van der Waals surface area (Å²) in [4.78, 5) is 18.6. The summed E-state index contributed by atoms with van der Waals surface area (Å²) in [5.74, 6) is 0.205. The average Bonchev–Trinajstić information content (AvgIpc) is 2.37. The van der Waals surface area contributed by atoms with Crippen molar-refractivity contribution in [2.24, 2.45) is 0 Å². The molecule has 0 spiro atoms. The Kier molecular flexibility index (Phi) is 3.66. The van der Waals surface area contributed by atoms with E-state index in [4.69, 9.17) is 0 Å². The van der Waals surface area contributed by atoms with Gasteiger partial charge in [0.05, 0.1) is 5.56 Å². The van der Waals surface area contributed by atoms with Gasteiger partial charge in [-0.3, -0.25) is 4.79 Å². The third-order valence-electron chi connectivity index (χ3n) is 3.37. The number of aromatic nitrogens is 2. The molecule has 1 heterocycles. The Balaban J connectivity index is 2.45. The van der Waals surface area contributed by atoms with Crippen molar-refractivity contribution in [2.45, 2.75) is 39.5 Å². The summed E-state index contributed by atoms with van der Waals surface area (Å²) in [7, 11) is 0. The molecule has 1 aromatic carbocycles. The predicted molar refractivity (Wildman–Crippen MR) is 80.0 cm³/mol. The van der Waals surface area contributed by atoms with Crippen LogP contribution in [0.3, 0.4) is 0 Å². The molecule has 2 rings (SSSR count). The highest BCUT2D eigenvalue weighted by molar-refractivity contribution is 5.56. The normalized spacial score (nSPS) is 11.6. The van der Waals surface area contributed by atoms with Crippen LogP contribution in [0.4, 0.5) is 0 Å². The Labute approximate surface area is 118 Å². The lowest BCUT2D eigenvalue weighted by molar-refractivity contribution is 0.444. The fraction of sp³-hybridized carbons (Fsp3) is 0.375. The number of nitrogens with one attached hydrogen (secondary N) is 1. The first kappa shape index (κ1) is 14.3. The molecule has 1 aromatic heterocycles. The molecule has 0 atom stereocenters. The quantitative estimate of drug-likeness (QED) is 0.883. The number of nitrogens with zero attached hydrogens (tertiary/aromatic N) is 1. The summed E-state index contributed by atoms with van der Waals surface area (Å²) in [6, 6.07) is 7.84. The van der Waals surface area contributed by atoms with Gasteiger partial charge in [-0.2, -0.15) is 4.98 Å². The molecule has 0 fully saturated rings. The van der Waals surface area contributed by atoms with Crippen molar-refractivity contribution >= 4 is 0 Å². The van der Waals surface area contributed by atoms with Crippen LogP contribution in [0, 0.1) is 0 Å². The molecular weight excluding hydrogens is 252 g/mol. The van der Waals surface area contributed by atoms with Gasteiger partial charge in [0, 0.05) is 5.56 Å². The third kappa shape index (κ3) is 2.74. The Bertz CT molecular complexity index is 664. The third-order valence-corrected chi connectivity index (χ3v) is 3.37. The minimum Gasteiger partial charge on any atom is -0.493 e. The van der Waals surface area contributed by atoms with E-state index in [-0.39, 0.29) is 16.9 Å². The molecule has 0 bridgehead atoms. The highest BCUT2D eigenvalue weighted by atomic mass is 16.3. The second-order valence-electron chi connectivity index (χ2n) is 5.90. The van der Waals surface area contributed by atoms with Gasteiger partial charge in [-0.15, -0.1) is 0 Å². The minimum atomic E-state index is -0.283. The van der Waals surface area contributed by atoms with E-state index in [0.717, 1.165) is 5.56 Å². The van der Waals surface area contributed by atoms with E-state index in [9.17, 15) is 9.90 Å². The standard InChI is InChI=1S/C16H20N2O2/c1-5-12-14(19)17-13(18-15(12)20)10-6-8-11(9-7-10)16(2,3)4/h6-9H,5H2,1-4H3,(H2,17,18,19,20). The van der Waals surface area contributed by atoms with E-state index in [0.29, 0.717) is 17.8 Å². The summed E-state index contributed by atoms with van der Waals surface area (Å²) >= 11 is 0. The summed E-state index contributed by atoms with van der Waals surface area (Å²) in [6.45, 7) is 8.24. The average molecular weight is 272 g/mol. The van der Waals surface area contributed by atoms with E-state index in [2.05, 4.69) is 30.7 Å². The molecule has 0 saturated heterocycles. The number of aromatic amines is 1. The van der Waals surface area contributed by atoms with Crippen LogP contribution < -0.4 is 5.56 Å². The molecule has 106 valence electrons. The molecule has 0 aliphatic carbocycles. The van der Waals surface area contributed by atoms with Gasteiger partial charge in [0.2, 0.25) is 5.88 Å². The van der Waals surface area contributed by atoms with Crippen LogP contribution >= 0.6 is 0 Å². The Morgan fingerprint density at radius 3 is 2.25 bits per heavy atom. The Hall–Kier alpha value is -2.10. The second-order valence-corrected chi connectivity index (χ2v) is 5.90. The molecule has 0 saturated carbocycles. The molecule has 2 aromatic rings. The van der Waals surface area contributed by atoms with Crippen molar-refractivity contribution in [2.75, 3.05) is 0 Å². The first-order valence-corrected chi connectivity index (χ1v) is 6.76. The molecule has 0 radical (unpaired) electrons. The first-order valence-electron chi connectivity index (χ1n) is 6.76. The minimum absolute atomic E-state index is 0.0770. The van der Waals surface area contributed by atoms with Gasteiger partial charge in [0.1, 0.15) is 5.82 Å². The van der Waals surface area contributed by atoms with Crippen molar-refractivity contribution in [1.82, 2.24) is 9.97 Å². The van der Waals surface area contributed by atoms with Crippen LogP contribution in [0.15, 0.2) is 29.1 Å². The Morgan fingerprint density at radius 2 is 1.80 bits per heavy atom. The zero-order valence-corrected chi connectivity index (χ0v) is 12.3. The molecule has 20 heavy (non-hydrogen) atoms. The van der Waals surface area contributed by atoms with E-state index in [1.54, 1.807) is 0 Å². The second kappa shape index (κ2) is 5.12. The number of hydrogen-bond acceptors (Lipinski definition) is 3. The molecule has 0 aliphatic heterocycles. The predicted octanol–water partition coefficient (Wildman–Crippen LogP) is 3.00. The van der Waals surface area contributed by atoms with E-state index in [1.165, 1.54) is 5.56 Å². The maximum absolute atomic E-state index is 11.8. The topological polar surface area (TPSA) is 66.0 Å². The van der Waals surface area contributed by atoms with Gasteiger partial charge in [-0.1, -0.05) is 52.0 Å². The van der Waals surface area contributed by atoms with Crippen LogP contribution in [0.25, 0.3) is 11.4 Å². The van der Waals surface area contributed by atoms with Gasteiger partial charge in [-0.25, -0.2) is 0 Å². The van der Waals surface area contributed by atoms with Gasteiger partial charge < -0.3 is 10.1 Å². The fourth-order valence-electron chi connectivity index (χ4n) is 2.07. The number of benzene rings is 1. The molecule has 2 N–H and O–H groups in total. The van der Waals surface area contributed by atoms with E-state index in [1.807, 2.05) is 31.2 Å². The summed E-state index contributed by atoms with van der Waals surface area (Å²) in [5.41, 5.74) is 2.11. The van der Waals surface area contributed by atoms with Crippen molar-refractivity contribution < 1.29 is 5.11 Å². The highest BCUT2D eigenvalue weighted by Gasteiger charge is 2.14. The zero-order chi connectivity index (χ0) is 14.9. The lowest BCUT2D eigenvalue weighted by Crippen LogP contribution is -2.14. The fourth-order valence-corrected chi connectivity index (χ4v) is 2.07. The smallest absolute Gasteiger partial charge is 0.258 e.